The standard InChI is InChI=1S/C63H115NO5/c1-4-7-10-13-16-19-22-25-28-31-33-36-39-42-45-48-51-54-59(69-63(68)56-53-50-47-44-41-38-35-30-27-24-21-18-15-12-9-6-3)57-62(67)64-60(58-65)61(66)55-52-49-46-43-40-37-34-32-29-26-23-20-17-14-11-8-5-2/h9,12,18,21,25,27-28,30,38,41,59-61,65-66H,4-8,10-11,13-17,19-20,22-24,26,29,31-37,39-40,42-58H2,1-3H3,(H,64,67)/b12-9+,21-18+,28-25+,30-27+,41-38+. The van der Waals surface area contributed by atoms with Gasteiger partial charge >= 0.3 is 5.97 Å². The van der Waals surface area contributed by atoms with E-state index in [1.54, 1.807) is 0 Å². The number of carbonyl (C=O) groups is 2. The van der Waals surface area contributed by atoms with Crippen molar-refractivity contribution in [2.24, 2.45) is 0 Å². The molecule has 0 fully saturated rings. The zero-order valence-corrected chi connectivity index (χ0v) is 45.9. The normalized spacial score (nSPS) is 13.5. The Morgan fingerprint density at radius 3 is 1.20 bits per heavy atom. The Morgan fingerprint density at radius 2 is 0.783 bits per heavy atom. The number of hydrogen-bond donors (Lipinski definition) is 3. The topological polar surface area (TPSA) is 95.9 Å². The molecule has 6 heteroatoms. The second kappa shape index (κ2) is 56.5. The molecule has 3 unspecified atom stereocenters. The fourth-order valence-corrected chi connectivity index (χ4v) is 9.07. The zero-order valence-electron chi connectivity index (χ0n) is 45.9. The van der Waals surface area contributed by atoms with E-state index in [1.807, 2.05) is 0 Å². The summed E-state index contributed by atoms with van der Waals surface area (Å²) in [5, 5.41) is 23.9. The minimum atomic E-state index is -0.797. The van der Waals surface area contributed by atoms with Gasteiger partial charge in [0.1, 0.15) is 6.10 Å². The molecule has 0 aliphatic carbocycles. The molecule has 0 saturated heterocycles. The molecule has 0 aliphatic heterocycles. The monoisotopic (exact) mass is 966 g/mol. The second-order valence-electron chi connectivity index (χ2n) is 20.4. The third-order valence-corrected chi connectivity index (χ3v) is 13.6. The summed E-state index contributed by atoms with van der Waals surface area (Å²) in [5.74, 6) is -0.505. The van der Waals surface area contributed by atoms with Crippen LogP contribution in [0, 0.1) is 0 Å². The summed E-state index contributed by atoms with van der Waals surface area (Å²) in [6, 6.07) is -0.712. The van der Waals surface area contributed by atoms with Crippen LogP contribution in [0.3, 0.4) is 0 Å². The molecule has 0 bridgehead atoms. The Morgan fingerprint density at radius 1 is 0.435 bits per heavy atom. The number of nitrogens with one attached hydrogen (secondary N) is 1. The molecule has 0 radical (unpaired) electrons. The van der Waals surface area contributed by atoms with E-state index in [9.17, 15) is 19.8 Å². The van der Waals surface area contributed by atoms with Gasteiger partial charge in [0.2, 0.25) is 5.91 Å². The van der Waals surface area contributed by atoms with Crippen LogP contribution in [-0.4, -0.2) is 46.9 Å². The van der Waals surface area contributed by atoms with E-state index in [1.165, 1.54) is 167 Å². The Balaban J connectivity index is 4.59. The largest absolute Gasteiger partial charge is 0.462 e. The predicted molar refractivity (Wildman–Crippen MR) is 301 cm³/mol. The second-order valence-corrected chi connectivity index (χ2v) is 20.4. The van der Waals surface area contributed by atoms with Crippen molar-refractivity contribution in [3.63, 3.8) is 0 Å². The summed E-state index contributed by atoms with van der Waals surface area (Å²) in [4.78, 5) is 26.3. The van der Waals surface area contributed by atoms with Gasteiger partial charge in [-0.25, -0.2) is 0 Å². The van der Waals surface area contributed by atoms with Gasteiger partial charge in [-0.2, -0.15) is 0 Å². The number of allylic oxidation sites excluding steroid dienone is 10. The van der Waals surface area contributed by atoms with Crippen molar-refractivity contribution >= 4 is 11.9 Å². The van der Waals surface area contributed by atoms with Gasteiger partial charge in [0.05, 0.1) is 25.2 Å². The van der Waals surface area contributed by atoms with E-state index in [2.05, 4.69) is 86.8 Å². The molecule has 0 saturated carbocycles. The minimum Gasteiger partial charge on any atom is -0.462 e. The van der Waals surface area contributed by atoms with Crippen molar-refractivity contribution < 1.29 is 24.5 Å². The van der Waals surface area contributed by atoms with Crippen LogP contribution in [0.25, 0.3) is 0 Å². The van der Waals surface area contributed by atoms with Crippen molar-refractivity contribution in [3.8, 4) is 0 Å². The molecule has 69 heavy (non-hydrogen) atoms. The first kappa shape index (κ1) is 66.6. The molecule has 0 heterocycles. The fourth-order valence-electron chi connectivity index (χ4n) is 9.07. The summed E-state index contributed by atoms with van der Waals surface area (Å²) >= 11 is 0. The summed E-state index contributed by atoms with van der Waals surface area (Å²) in [5.41, 5.74) is 0. The van der Waals surface area contributed by atoms with Crippen molar-refractivity contribution in [1.29, 1.82) is 0 Å². The Hall–Kier alpha value is -2.44. The van der Waals surface area contributed by atoms with E-state index in [-0.39, 0.29) is 24.9 Å². The van der Waals surface area contributed by atoms with Crippen LogP contribution >= 0.6 is 0 Å². The van der Waals surface area contributed by atoms with Crippen molar-refractivity contribution in [2.45, 2.75) is 322 Å². The number of amides is 1. The molecule has 3 N–H and O–H groups in total. The van der Waals surface area contributed by atoms with Gasteiger partial charge in [0, 0.05) is 6.42 Å². The summed E-state index contributed by atoms with van der Waals surface area (Å²) in [6.07, 6.45) is 71.4. The maximum absolute atomic E-state index is 13.3. The molecule has 0 aromatic heterocycles. The predicted octanol–water partition coefficient (Wildman–Crippen LogP) is 18.7. The Kier molecular flexibility index (Phi) is 54.5. The number of aliphatic hydroxyl groups excluding tert-OH is 2. The maximum atomic E-state index is 13.3. The summed E-state index contributed by atoms with van der Waals surface area (Å²) in [7, 11) is 0. The van der Waals surface area contributed by atoms with Crippen LogP contribution in [0.15, 0.2) is 60.8 Å². The Bertz CT molecular complexity index is 1220. The summed E-state index contributed by atoms with van der Waals surface area (Å²) < 4.78 is 5.96. The van der Waals surface area contributed by atoms with Crippen LogP contribution < -0.4 is 5.32 Å². The minimum absolute atomic E-state index is 0.0618. The number of rotatable bonds is 54. The molecule has 3 atom stereocenters. The van der Waals surface area contributed by atoms with Crippen molar-refractivity contribution in [2.75, 3.05) is 6.61 Å². The number of aliphatic hydroxyl groups is 2. The van der Waals surface area contributed by atoms with Gasteiger partial charge in [-0.15, -0.1) is 0 Å². The lowest BCUT2D eigenvalue weighted by atomic mass is 10.0. The van der Waals surface area contributed by atoms with Gasteiger partial charge < -0.3 is 20.3 Å². The van der Waals surface area contributed by atoms with Gasteiger partial charge in [-0.1, -0.05) is 261 Å². The molecule has 402 valence electrons. The average molecular weight is 967 g/mol. The molecule has 1 amide bonds. The Labute approximate surface area is 428 Å². The highest BCUT2D eigenvalue weighted by Gasteiger charge is 2.24. The van der Waals surface area contributed by atoms with Crippen molar-refractivity contribution in [3.05, 3.63) is 60.8 Å². The lowest BCUT2D eigenvalue weighted by Crippen LogP contribution is -2.46. The number of esters is 1. The van der Waals surface area contributed by atoms with E-state index in [0.717, 1.165) is 89.9 Å². The molecule has 0 spiro atoms. The van der Waals surface area contributed by atoms with Crippen LogP contribution in [0.4, 0.5) is 0 Å². The van der Waals surface area contributed by atoms with Gasteiger partial charge in [-0.05, 0) is 89.9 Å². The van der Waals surface area contributed by atoms with Crippen LogP contribution in [0.1, 0.15) is 303 Å². The summed E-state index contributed by atoms with van der Waals surface area (Å²) in [6.45, 7) is 6.39. The highest BCUT2D eigenvalue weighted by atomic mass is 16.5. The van der Waals surface area contributed by atoms with E-state index in [4.69, 9.17) is 4.74 Å². The molecule has 0 aromatic rings. The molecular formula is C63H115NO5. The molecule has 0 aliphatic rings. The van der Waals surface area contributed by atoms with Crippen LogP contribution in [-0.2, 0) is 14.3 Å². The van der Waals surface area contributed by atoms with Gasteiger partial charge in [-0.3, -0.25) is 9.59 Å². The number of hydrogen-bond acceptors (Lipinski definition) is 5. The molecule has 0 aromatic carbocycles. The number of unbranched alkanes of at least 4 members (excludes halogenated alkanes) is 32. The highest BCUT2D eigenvalue weighted by molar-refractivity contribution is 5.77. The fraction of sp³-hybridized carbons (Fsp3) is 0.810. The third-order valence-electron chi connectivity index (χ3n) is 13.6. The smallest absolute Gasteiger partial charge is 0.306 e. The van der Waals surface area contributed by atoms with E-state index in [0.29, 0.717) is 19.3 Å². The maximum Gasteiger partial charge on any atom is 0.306 e. The van der Waals surface area contributed by atoms with E-state index < -0.39 is 18.2 Å². The first-order valence-electron chi connectivity index (χ1n) is 30.0. The van der Waals surface area contributed by atoms with Gasteiger partial charge in [0.25, 0.3) is 0 Å². The van der Waals surface area contributed by atoms with E-state index >= 15 is 0 Å². The molecule has 0 rings (SSSR count). The lowest BCUT2D eigenvalue weighted by Gasteiger charge is -2.24. The molecule has 6 nitrogen and oxygen atoms in total. The highest BCUT2D eigenvalue weighted by Crippen LogP contribution is 2.18. The number of ether oxygens (including phenoxy) is 1. The quantitative estimate of drug-likeness (QED) is 0.0321. The van der Waals surface area contributed by atoms with Gasteiger partial charge in [0.15, 0.2) is 0 Å². The van der Waals surface area contributed by atoms with Crippen LogP contribution in [0.5, 0.6) is 0 Å². The first-order chi connectivity index (χ1) is 34.0. The first-order valence-corrected chi connectivity index (χ1v) is 30.0. The number of carbonyl (C=O) groups excluding carboxylic acids is 2. The van der Waals surface area contributed by atoms with Crippen molar-refractivity contribution in [1.82, 2.24) is 5.32 Å². The lowest BCUT2D eigenvalue weighted by molar-refractivity contribution is -0.151. The zero-order chi connectivity index (χ0) is 50.2. The third kappa shape index (κ3) is 51.7. The van der Waals surface area contributed by atoms with Crippen LogP contribution in [0.2, 0.25) is 0 Å². The molecular weight excluding hydrogens is 851 g/mol. The SMILES string of the molecule is CC/C=C/C/C=C/C/C=C/C/C=C/CCCCCC(=O)OC(CCCCCCCCC/C=C/CCCCCCCC)CC(=O)NC(CO)C(O)CCCCCCCCCCCCCCCCCCC. The average Bonchev–Trinajstić information content (AvgIpc) is 3.34.